The summed E-state index contributed by atoms with van der Waals surface area (Å²) in [5.74, 6) is 1.26. The minimum atomic E-state index is 0.497. The second-order valence-corrected chi connectivity index (χ2v) is 8.11. The molecule has 3 nitrogen and oxygen atoms in total. The molecule has 1 aromatic rings. The summed E-state index contributed by atoms with van der Waals surface area (Å²) in [7, 11) is 0. The van der Waals surface area contributed by atoms with Gasteiger partial charge in [0, 0.05) is 30.1 Å². The van der Waals surface area contributed by atoms with Crippen molar-refractivity contribution < 1.29 is 0 Å². The third-order valence-corrected chi connectivity index (χ3v) is 5.66. The van der Waals surface area contributed by atoms with Gasteiger partial charge in [0.2, 0.25) is 0 Å². The van der Waals surface area contributed by atoms with E-state index in [1.165, 1.54) is 28.5 Å². The van der Waals surface area contributed by atoms with Crippen molar-refractivity contribution in [3.63, 3.8) is 0 Å². The summed E-state index contributed by atoms with van der Waals surface area (Å²) < 4.78 is 0. The fourth-order valence-electron chi connectivity index (χ4n) is 2.95. The zero-order valence-corrected chi connectivity index (χ0v) is 15.3. The zero-order valence-electron chi connectivity index (χ0n) is 14.4. The van der Waals surface area contributed by atoms with Crippen LogP contribution in [0.4, 0.5) is 5.13 Å². The lowest BCUT2D eigenvalue weighted by atomic mass is 9.92. The Hall–Kier alpha value is -0.610. The van der Waals surface area contributed by atoms with Gasteiger partial charge >= 0.3 is 0 Å². The molecule has 21 heavy (non-hydrogen) atoms. The lowest BCUT2D eigenvalue weighted by Crippen LogP contribution is -2.42. The standard InChI is InChI=1S/C17H31N3S/c1-11(2)16-15(10-18-12(3)4)21-17(19-16)20-9-7-8-13(5)14(20)6/h11-14,18H,7-10H2,1-6H3. The maximum Gasteiger partial charge on any atom is 0.186 e. The van der Waals surface area contributed by atoms with Gasteiger partial charge in [-0.3, -0.25) is 0 Å². The van der Waals surface area contributed by atoms with Gasteiger partial charge in [0.1, 0.15) is 0 Å². The predicted octanol–water partition coefficient (Wildman–Crippen LogP) is 4.39. The summed E-state index contributed by atoms with van der Waals surface area (Å²) >= 11 is 1.89. The third kappa shape index (κ3) is 3.98. The first kappa shape index (κ1) is 16.8. The topological polar surface area (TPSA) is 28.2 Å². The Morgan fingerprint density at radius 2 is 2.00 bits per heavy atom. The highest BCUT2D eigenvalue weighted by molar-refractivity contribution is 7.15. The number of piperidine rings is 1. The van der Waals surface area contributed by atoms with E-state index < -0.39 is 0 Å². The molecule has 0 saturated carbocycles. The molecule has 1 fully saturated rings. The third-order valence-electron chi connectivity index (χ3n) is 4.55. The molecule has 1 N–H and O–H groups in total. The summed E-state index contributed by atoms with van der Waals surface area (Å²) in [5.41, 5.74) is 1.29. The van der Waals surface area contributed by atoms with E-state index in [4.69, 9.17) is 4.98 Å². The van der Waals surface area contributed by atoms with Crippen molar-refractivity contribution in [2.45, 2.75) is 78.9 Å². The zero-order chi connectivity index (χ0) is 15.6. The van der Waals surface area contributed by atoms with Crippen LogP contribution in [0.15, 0.2) is 0 Å². The van der Waals surface area contributed by atoms with Crippen molar-refractivity contribution in [1.29, 1.82) is 0 Å². The predicted molar refractivity (Wildman–Crippen MR) is 93.4 cm³/mol. The molecule has 1 saturated heterocycles. The van der Waals surface area contributed by atoms with E-state index in [0.29, 0.717) is 18.0 Å². The first-order chi connectivity index (χ1) is 9.90. The molecule has 2 rings (SSSR count). The first-order valence-electron chi connectivity index (χ1n) is 8.39. The van der Waals surface area contributed by atoms with Crippen LogP contribution in [0.25, 0.3) is 0 Å². The lowest BCUT2D eigenvalue weighted by Gasteiger charge is -2.37. The Balaban J connectivity index is 2.21. The molecule has 0 spiro atoms. The molecule has 0 radical (unpaired) electrons. The van der Waals surface area contributed by atoms with Gasteiger partial charge in [0.25, 0.3) is 0 Å². The van der Waals surface area contributed by atoms with Crippen LogP contribution < -0.4 is 10.2 Å². The molecule has 0 aliphatic carbocycles. The van der Waals surface area contributed by atoms with Gasteiger partial charge in [-0.15, -0.1) is 11.3 Å². The first-order valence-corrected chi connectivity index (χ1v) is 9.21. The molecule has 0 amide bonds. The van der Waals surface area contributed by atoms with Crippen LogP contribution in [0.3, 0.4) is 0 Å². The Morgan fingerprint density at radius 3 is 2.62 bits per heavy atom. The van der Waals surface area contributed by atoms with Gasteiger partial charge in [0.05, 0.1) is 5.69 Å². The molecule has 0 bridgehead atoms. The number of hydrogen-bond acceptors (Lipinski definition) is 4. The van der Waals surface area contributed by atoms with E-state index in [-0.39, 0.29) is 0 Å². The Labute approximate surface area is 134 Å². The maximum atomic E-state index is 5.00. The van der Waals surface area contributed by atoms with E-state index in [9.17, 15) is 0 Å². The molecule has 4 heteroatoms. The van der Waals surface area contributed by atoms with Gasteiger partial charge in [0.15, 0.2) is 5.13 Å². The number of nitrogens with one attached hydrogen (secondary N) is 1. The molecule has 2 unspecified atom stereocenters. The molecule has 2 heterocycles. The molecule has 1 aliphatic heterocycles. The number of aromatic nitrogens is 1. The highest BCUT2D eigenvalue weighted by Gasteiger charge is 2.28. The minimum absolute atomic E-state index is 0.497. The van der Waals surface area contributed by atoms with Gasteiger partial charge in [-0.05, 0) is 31.6 Å². The molecule has 1 aliphatic rings. The maximum absolute atomic E-state index is 5.00. The van der Waals surface area contributed by atoms with Crippen molar-refractivity contribution in [3.05, 3.63) is 10.6 Å². The highest BCUT2D eigenvalue weighted by atomic mass is 32.1. The van der Waals surface area contributed by atoms with Gasteiger partial charge in [-0.25, -0.2) is 4.98 Å². The van der Waals surface area contributed by atoms with Crippen LogP contribution in [0, 0.1) is 5.92 Å². The normalized spacial score (nSPS) is 23.3. The Kier molecular flexibility index (Phi) is 5.67. The van der Waals surface area contributed by atoms with Crippen molar-refractivity contribution in [1.82, 2.24) is 10.3 Å². The van der Waals surface area contributed by atoms with Crippen LogP contribution in [-0.2, 0) is 6.54 Å². The summed E-state index contributed by atoms with van der Waals surface area (Å²) in [6.07, 6.45) is 2.64. The SMILES string of the molecule is CC(C)NCc1sc(N2CCCC(C)C2C)nc1C(C)C. The number of rotatable bonds is 5. The number of thiazole rings is 1. The smallest absolute Gasteiger partial charge is 0.186 e. The second-order valence-electron chi connectivity index (χ2n) is 7.05. The molecular weight excluding hydrogens is 278 g/mol. The largest absolute Gasteiger partial charge is 0.345 e. The summed E-state index contributed by atoms with van der Waals surface area (Å²) in [6, 6.07) is 1.13. The van der Waals surface area contributed by atoms with Gasteiger partial charge in [-0.2, -0.15) is 0 Å². The van der Waals surface area contributed by atoms with Crippen molar-refractivity contribution >= 4 is 16.5 Å². The van der Waals surface area contributed by atoms with Crippen LogP contribution in [0.2, 0.25) is 0 Å². The van der Waals surface area contributed by atoms with Crippen LogP contribution in [0.5, 0.6) is 0 Å². The molecule has 2 atom stereocenters. The minimum Gasteiger partial charge on any atom is -0.345 e. The summed E-state index contributed by atoms with van der Waals surface area (Å²) in [5, 5.41) is 4.78. The second kappa shape index (κ2) is 7.10. The molecule has 0 aromatic carbocycles. The van der Waals surface area contributed by atoms with Gasteiger partial charge < -0.3 is 10.2 Å². The number of nitrogens with zero attached hydrogens (tertiary/aromatic N) is 2. The quantitative estimate of drug-likeness (QED) is 0.874. The van der Waals surface area contributed by atoms with Crippen molar-refractivity contribution in [3.8, 4) is 0 Å². The van der Waals surface area contributed by atoms with Gasteiger partial charge in [-0.1, -0.05) is 34.6 Å². The molecular formula is C17H31N3S. The average molecular weight is 310 g/mol. The van der Waals surface area contributed by atoms with Crippen molar-refractivity contribution in [2.24, 2.45) is 5.92 Å². The number of anilines is 1. The van der Waals surface area contributed by atoms with Crippen LogP contribution in [-0.4, -0.2) is 23.6 Å². The lowest BCUT2D eigenvalue weighted by molar-refractivity contribution is 0.363. The van der Waals surface area contributed by atoms with E-state index >= 15 is 0 Å². The number of hydrogen-bond donors (Lipinski definition) is 1. The van der Waals surface area contributed by atoms with Crippen LogP contribution >= 0.6 is 11.3 Å². The van der Waals surface area contributed by atoms with E-state index in [1.54, 1.807) is 0 Å². The fraction of sp³-hybridized carbons (Fsp3) is 0.824. The van der Waals surface area contributed by atoms with E-state index in [1.807, 2.05) is 11.3 Å². The monoisotopic (exact) mass is 309 g/mol. The fourth-order valence-corrected chi connectivity index (χ4v) is 4.23. The molecule has 120 valence electrons. The summed E-state index contributed by atoms with van der Waals surface area (Å²) in [6.45, 7) is 15.7. The summed E-state index contributed by atoms with van der Waals surface area (Å²) in [4.78, 5) is 8.95. The average Bonchev–Trinajstić information content (AvgIpc) is 2.83. The molecule has 1 aromatic heterocycles. The van der Waals surface area contributed by atoms with E-state index in [0.717, 1.165) is 19.0 Å². The van der Waals surface area contributed by atoms with Crippen molar-refractivity contribution in [2.75, 3.05) is 11.4 Å². The highest BCUT2D eigenvalue weighted by Crippen LogP contribution is 2.35. The Bertz CT molecular complexity index is 453. The van der Waals surface area contributed by atoms with E-state index in [2.05, 4.69) is 51.8 Å². The van der Waals surface area contributed by atoms with Crippen LogP contribution in [0.1, 0.15) is 70.9 Å². The Morgan fingerprint density at radius 1 is 1.29 bits per heavy atom.